The van der Waals surface area contributed by atoms with Crippen LogP contribution in [0.15, 0.2) is 0 Å². The Morgan fingerprint density at radius 1 is 1.21 bits per heavy atom. The van der Waals surface area contributed by atoms with Crippen molar-refractivity contribution in [2.24, 2.45) is 0 Å². The SMILES string of the molecule is CCC1(CC)CC(NC2CCCS(=O)(=O)C2)CCO1. The van der Waals surface area contributed by atoms with Gasteiger partial charge >= 0.3 is 0 Å². The summed E-state index contributed by atoms with van der Waals surface area (Å²) in [6.45, 7) is 5.15. The van der Waals surface area contributed by atoms with E-state index in [2.05, 4.69) is 19.2 Å². The highest BCUT2D eigenvalue weighted by Gasteiger charge is 2.36. The number of ether oxygens (including phenoxy) is 1. The summed E-state index contributed by atoms with van der Waals surface area (Å²) in [6.07, 6.45) is 5.86. The van der Waals surface area contributed by atoms with Gasteiger partial charge in [0.15, 0.2) is 9.84 Å². The quantitative estimate of drug-likeness (QED) is 0.858. The maximum Gasteiger partial charge on any atom is 0.151 e. The Hall–Kier alpha value is -0.130. The van der Waals surface area contributed by atoms with E-state index < -0.39 is 9.84 Å². The molecule has 0 spiro atoms. The zero-order valence-corrected chi connectivity index (χ0v) is 13.0. The Morgan fingerprint density at radius 2 is 1.95 bits per heavy atom. The molecule has 2 atom stereocenters. The third kappa shape index (κ3) is 3.92. The van der Waals surface area contributed by atoms with Crippen molar-refractivity contribution in [3.05, 3.63) is 0 Å². The van der Waals surface area contributed by atoms with Crippen molar-refractivity contribution in [3.8, 4) is 0 Å². The minimum absolute atomic E-state index is 0.00343. The fourth-order valence-electron chi connectivity index (χ4n) is 3.40. The molecule has 1 N–H and O–H groups in total. The molecular weight excluding hydrogens is 262 g/mol. The average molecular weight is 289 g/mol. The lowest BCUT2D eigenvalue weighted by atomic mass is 9.85. The number of hydrogen-bond acceptors (Lipinski definition) is 4. The molecule has 0 bridgehead atoms. The molecule has 0 radical (unpaired) electrons. The Labute approximate surface area is 117 Å². The van der Waals surface area contributed by atoms with Crippen LogP contribution in [0.1, 0.15) is 52.4 Å². The van der Waals surface area contributed by atoms with Crippen molar-refractivity contribution in [2.45, 2.75) is 70.1 Å². The maximum atomic E-state index is 11.7. The van der Waals surface area contributed by atoms with E-state index in [4.69, 9.17) is 4.74 Å². The zero-order chi connectivity index (χ0) is 13.9. The van der Waals surface area contributed by atoms with Crippen molar-refractivity contribution in [2.75, 3.05) is 18.1 Å². The molecule has 2 saturated heterocycles. The van der Waals surface area contributed by atoms with Crippen LogP contribution in [-0.4, -0.2) is 44.2 Å². The standard InChI is InChI=1S/C14H27NO3S/c1-3-14(4-2)10-12(7-8-18-14)15-13-6-5-9-19(16,17)11-13/h12-13,15H,3-11H2,1-2H3. The van der Waals surface area contributed by atoms with Crippen LogP contribution in [0.4, 0.5) is 0 Å². The molecule has 2 heterocycles. The van der Waals surface area contributed by atoms with E-state index in [1.54, 1.807) is 0 Å². The highest BCUT2D eigenvalue weighted by atomic mass is 32.2. The van der Waals surface area contributed by atoms with Crippen LogP contribution < -0.4 is 5.32 Å². The largest absolute Gasteiger partial charge is 0.375 e. The normalized spacial score (nSPS) is 34.0. The average Bonchev–Trinajstić information content (AvgIpc) is 2.38. The van der Waals surface area contributed by atoms with E-state index in [1.807, 2.05) is 0 Å². The number of rotatable bonds is 4. The molecule has 4 nitrogen and oxygen atoms in total. The van der Waals surface area contributed by atoms with Gasteiger partial charge in [-0.05, 0) is 38.5 Å². The van der Waals surface area contributed by atoms with Gasteiger partial charge in [-0.3, -0.25) is 0 Å². The van der Waals surface area contributed by atoms with Gasteiger partial charge in [0.05, 0.1) is 17.1 Å². The topological polar surface area (TPSA) is 55.4 Å². The molecule has 0 aromatic heterocycles. The summed E-state index contributed by atoms with van der Waals surface area (Å²) in [7, 11) is -2.82. The van der Waals surface area contributed by atoms with Gasteiger partial charge in [0.25, 0.3) is 0 Å². The first-order valence-electron chi connectivity index (χ1n) is 7.59. The number of hydrogen-bond donors (Lipinski definition) is 1. The Bertz CT molecular complexity index is 389. The minimum Gasteiger partial charge on any atom is -0.375 e. The molecule has 19 heavy (non-hydrogen) atoms. The molecule has 112 valence electrons. The van der Waals surface area contributed by atoms with Gasteiger partial charge in [-0.15, -0.1) is 0 Å². The summed E-state index contributed by atoms with van der Waals surface area (Å²) in [4.78, 5) is 0. The van der Waals surface area contributed by atoms with Crippen LogP contribution in [0, 0.1) is 0 Å². The molecule has 0 saturated carbocycles. The number of nitrogens with one attached hydrogen (secondary N) is 1. The van der Waals surface area contributed by atoms with Crippen LogP contribution in [0.25, 0.3) is 0 Å². The lowest BCUT2D eigenvalue weighted by Crippen LogP contribution is -2.51. The summed E-state index contributed by atoms with van der Waals surface area (Å²) in [6, 6.07) is 0.556. The van der Waals surface area contributed by atoms with E-state index >= 15 is 0 Å². The molecule has 2 aliphatic heterocycles. The first kappa shape index (κ1) is 15.3. The summed E-state index contributed by atoms with van der Waals surface area (Å²) in [5, 5.41) is 3.58. The van der Waals surface area contributed by atoms with Gasteiger partial charge in [0, 0.05) is 18.7 Å². The van der Waals surface area contributed by atoms with Crippen LogP contribution >= 0.6 is 0 Å². The zero-order valence-electron chi connectivity index (χ0n) is 12.2. The Morgan fingerprint density at radius 3 is 2.58 bits per heavy atom. The van der Waals surface area contributed by atoms with Gasteiger partial charge in [0.1, 0.15) is 0 Å². The molecule has 0 aliphatic carbocycles. The van der Waals surface area contributed by atoms with E-state index in [9.17, 15) is 8.42 Å². The van der Waals surface area contributed by atoms with Crippen molar-refractivity contribution >= 4 is 9.84 Å². The lowest BCUT2D eigenvalue weighted by Gasteiger charge is -2.41. The van der Waals surface area contributed by atoms with Crippen LogP contribution in [0.2, 0.25) is 0 Å². The highest BCUT2D eigenvalue weighted by Crippen LogP contribution is 2.31. The molecular formula is C14H27NO3S. The van der Waals surface area contributed by atoms with Crippen molar-refractivity contribution < 1.29 is 13.2 Å². The monoisotopic (exact) mass is 289 g/mol. The summed E-state index contributed by atoms with van der Waals surface area (Å²) in [5.41, 5.74) is 0.00343. The third-order valence-electron chi connectivity index (χ3n) is 4.72. The van der Waals surface area contributed by atoms with Gasteiger partial charge in [-0.2, -0.15) is 0 Å². The van der Waals surface area contributed by atoms with Gasteiger partial charge in [-0.25, -0.2) is 8.42 Å². The van der Waals surface area contributed by atoms with E-state index in [1.165, 1.54) is 0 Å². The van der Waals surface area contributed by atoms with Gasteiger partial charge in [-0.1, -0.05) is 13.8 Å². The predicted molar refractivity (Wildman–Crippen MR) is 77.1 cm³/mol. The van der Waals surface area contributed by atoms with Crippen LogP contribution in [0.3, 0.4) is 0 Å². The molecule has 2 aliphatic rings. The molecule has 0 aromatic carbocycles. The molecule has 5 heteroatoms. The highest BCUT2D eigenvalue weighted by molar-refractivity contribution is 7.91. The van der Waals surface area contributed by atoms with Crippen LogP contribution in [0.5, 0.6) is 0 Å². The molecule has 2 rings (SSSR count). The second-order valence-electron chi connectivity index (χ2n) is 6.05. The molecule has 2 fully saturated rings. The van der Waals surface area contributed by atoms with Crippen molar-refractivity contribution in [3.63, 3.8) is 0 Å². The van der Waals surface area contributed by atoms with Gasteiger partial charge in [0.2, 0.25) is 0 Å². The van der Waals surface area contributed by atoms with E-state index in [-0.39, 0.29) is 11.6 Å². The Kier molecular flexibility index (Phi) is 4.90. The molecule has 2 unspecified atom stereocenters. The first-order chi connectivity index (χ1) is 8.99. The third-order valence-corrected chi connectivity index (χ3v) is 6.54. The Balaban J connectivity index is 1.92. The lowest BCUT2D eigenvalue weighted by molar-refractivity contribution is -0.0939. The fourth-order valence-corrected chi connectivity index (χ4v) is 5.05. The van der Waals surface area contributed by atoms with Gasteiger partial charge < -0.3 is 10.1 Å². The smallest absolute Gasteiger partial charge is 0.151 e. The maximum absolute atomic E-state index is 11.7. The first-order valence-corrected chi connectivity index (χ1v) is 9.41. The van der Waals surface area contributed by atoms with E-state index in [0.717, 1.165) is 45.1 Å². The van der Waals surface area contributed by atoms with Crippen molar-refractivity contribution in [1.29, 1.82) is 0 Å². The number of sulfone groups is 1. The predicted octanol–water partition coefficient (Wildman–Crippen LogP) is 1.89. The van der Waals surface area contributed by atoms with E-state index in [0.29, 0.717) is 17.5 Å². The van der Waals surface area contributed by atoms with Crippen molar-refractivity contribution in [1.82, 2.24) is 5.32 Å². The fraction of sp³-hybridized carbons (Fsp3) is 1.00. The second-order valence-corrected chi connectivity index (χ2v) is 8.28. The summed E-state index contributed by atoms with van der Waals surface area (Å²) in [5.74, 6) is 0.683. The molecule has 0 aromatic rings. The summed E-state index contributed by atoms with van der Waals surface area (Å²) < 4.78 is 29.3. The summed E-state index contributed by atoms with van der Waals surface area (Å²) >= 11 is 0. The molecule has 0 amide bonds. The minimum atomic E-state index is -2.82. The van der Waals surface area contributed by atoms with Crippen LogP contribution in [-0.2, 0) is 14.6 Å². The second kappa shape index (κ2) is 6.10.